The van der Waals surface area contributed by atoms with E-state index < -0.39 is 0 Å². The maximum absolute atomic E-state index is 9.34. The molecule has 0 bridgehead atoms. The highest BCUT2D eigenvalue weighted by molar-refractivity contribution is 5.39. The van der Waals surface area contributed by atoms with Crippen LogP contribution in [-0.4, -0.2) is 49.0 Å². The molecule has 1 aromatic carbocycles. The summed E-state index contributed by atoms with van der Waals surface area (Å²) in [6.45, 7) is 0.581. The Morgan fingerprint density at radius 3 is 2.83 bits per heavy atom. The number of aliphatic hydroxyl groups excluding tert-OH is 1. The Labute approximate surface area is 133 Å². The molecule has 2 heterocycles. The van der Waals surface area contributed by atoms with Crippen LogP contribution in [0.15, 0.2) is 41.2 Å². The highest BCUT2D eigenvalue weighted by Gasteiger charge is 2.19. The third kappa shape index (κ3) is 3.61. The van der Waals surface area contributed by atoms with Crippen molar-refractivity contribution in [1.82, 2.24) is 30.2 Å². The average Bonchev–Trinajstić information content (AvgIpc) is 3.24. The number of H-pyrrole nitrogens is 1. The number of benzene rings is 1. The number of hydrogen-bond donors (Lipinski definition) is 2. The molecule has 23 heavy (non-hydrogen) atoms. The molecule has 3 aromatic rings. The van der Waals surface area contributed by atoms with E-state index in [-0.39, 0.29) is 12.6 Å². The predicted octanol–water partition coefficient (Wildman–Crippen LogP) is 1.41. The zero-order valence-electron chi connectivity index (χ0n) is 12.8. The van der Waals surface area contributed by atoms with Crippen molar-refractivity contribution in [3.63, 3.8) is 0 Å². The summed E-state index contributed by atoms with van der Waals surface area (Å²) in [6, 6.07) is 10.1. The first-order valence-corrected chi connectivity index (χ1v) is 7.32. The second kappa shape index (κ2) is 7.12. The summed E-state index contributed by atoms with van der Waals surface area (Å²) < 4.78 is 5.27. The third-order valence-corrected chi connectivity index (χ3v) is 3.60. The van der Waals surface area contributed by atoms with Gasteiger partial charge in [-0.15, -0.1) is 0 Å². The predicted molar refractivity (Wildman–Crippen MR) is 82.0 cm³/mol. The van der Waals surface area contributed by atoms with Gasteiger partial charge in [0.05, 0.1) is 6.54 Å². The van der Waals surface area contributed by atoms with Crippen molar-refractivity contribution >= 4 is 0 Å². The van der Waals surface area contributed by atoms with E-state index in [9.17, 15) is 5.11 Å². The summed E-state index contributed by atoms with van der Waals surface area (Å²) >= 11 is 0. The van der Waals surface area contributed by atoms with Gasteiger partial charge in [0, 0.05) is 12.6 Å². The molecule has 3 rings (SSSR count). The van der Waals surface area contributed by atoms with E-state index in [1.165, 1.54) is 6.33 Å². The number of nitrogens with zero attached hydrogens (tertiary/aromatic N) is 5. The number of nitrogens with one attached hydrogen (secondary N) is 1. The van der Waals surface area contributed by atoms with E-state index in [0.717, 1.165) is 5.56 Å². The third-order valence-electron chi connectivity index (χ3n) is 3.60. The van der Waals surface area contributed by atoms with Crippen molar-refractivity contribution in [2.75, 3.05) is 13.7 Å². The van der Waals surface area contributed by atoms with Gasteiger partial charge < -0.3 is 9.63 Å². The van der Waals surface area contributed by atoms with Gasteiger partial charge in [0.1, 0.15) is 6.33 Å². The fourth-order valence-corrected chi connectivity index (χ4v) is 2.49. The smallest absolute Gasteiger partial charge is 0.241 e. The topological polar surface area (TPSA) is 104 Å². The quantitative estimate of drug-likeness (QED) is 0.679. The van der Waals surface area contributed by atoms with Crippen LogP contribution in [0, 0.1) is 0 Å². The SMILES string of the molecule is CN(Cc1nc(-c2ncn[nH]2)no1)C(CCO)c1ccccc1. The van der Waals surface area contributed by atoms with Crippen LogP contribution in [0.3, 0.4) is 0 Å². The van der Waals surface area contributed by atoms with Gasteiger partial charge in [-0.3, -0.25) is 10.00 Å². The van der Waals surface area contributed by atoms with E-state index >= 15 is 0 Å². The van der Waals surface area contributed by atoms with Gasteiger partial charge in [0.15, 0.2) is 5.82 Å². The Balaban J connectivity index is 1.73. The van der Waals surface area contributed by atoms with Crippen LogP contribution in [0.4, 0.5) is 0 Å². The Morgan fingerprint density at radius 2 is 2.13 bits per heavy atom. The molecule has 0 aliphatic carbocycles. The Hall–Kier alpha value is -2.58. The molecule has 0 radical (unpaired) electrons. The van der Waals surface area contributed by atoms with Crippen LogP contribution in [0.1, 0.15) is 23.9 Å². The van der Waals surface area contributed by atoms with Crippen molar-refractivity contribution in [2.24, 2.45) is 0 Å². The molecule has 0 aliphatic rings. The number of hydrogen-bond acceptors (Lipinski definition) is 7. The van der Waals surface area contributed by atoms with Crippen molar-refractivity contribution in [3.8, 4) is 11.6 Å². The number of aromatic nitrogens is 5. The van der Waals surface area contributed by atoms with Gasteiger partial charge in [-0.05, 0) is 19.0 Å². The lowest BCUT2D eigenvalue weighted by molar-refractivity contribution is 0.164. The summed E-state index contributed by atoms with van der Waals surface area (Å²) in [6.07, 6.45) is 2.02. The molecule has 2 N–H and O–H groups in total. The number of aromatic amines is 1. The summed E-state index contributed by atoms with van der Waals surface area (Å²) in [5, 5.41) is 19.7. The van der Waals surface area contributed by atoms with Crippen molar-refractivity contribution in [2.45, 2.75) is 19.0 Å². The molecule has 0 fully saturated rings. The molecule has 120 valence electrons. The molecule has 0 aliphatic heterocycles. The van der Waals surface area contributed by atoms with Gasteiger partial charge >= 0.3 is 0 Å². The fraction of sp³-hybridized carbons (Fsp3) is 0.333. The Bertz CT molecular complexity index is 713. The fourth-order valence-electron chi connectivity index (χ4n) is 2.49. The van der Waals surface area contributed by atoms with Crippen LogP contribution in [0.5, 0.6) is 0 Å². The van der Waals surface area contributed by atoms with E-state index in [4.69, 9.17) is 4.52 Å². The maximum atomic E-state index is 9.34. The second-order valence-electron chi connectivity index (χ2n) is 5.20. The lowest BCUT2D eigenvalue weighted by Crippen LogP contribution is -2.25. The molecule has 0 saturated carbocycles. The lowest BCUT2D eigenvalue weighted by atomic mass is 10.0. The molecule has 1 atom stereocenters. The Kier molecular flexibility index (Phi) is 4.74. The first-order chi connectivity index (χ1) is 11.3. The summed E-state index contributed by atoms with van der Waals surface area (Å²) in [5.74, 6) is 1.33. The lowest BCUT2D eigenvalue weighted by Gasteiger charge is -2.26. The van der Waals surface area contributed by atoms with Crippen LogP contribution in [0.25, 0.3) is 11.6 Å². The highest BCUT2D eigenvalue weighted by Crippen LogP contribution is 2.24. The van der Waals surface area contributed by atoms with Crippen LogP contribution < -0.4 is 0 Å². The first-order valence-electron chi connectivity index (χ1n) is 7.32. The standard InChI is InChI=1S/C15H18N6O2/c1-21(12(7-8-22)11-5-3-2-4-6-11)9-13-18-15(20-23-13)14-16-10-17-19-14/h2-6,10,12,22H,7-9H2,1H3,(H,16,17,19). The van der Waals surface area contributed by atoms with Crippen LogP contribution in [0.2, 0.25) is 0 Å². The molecule has 1 unspecified atom stereocenters. The van der Waals surface area contributed by atoms with Crippen molar-refractivity contribution < 1.29 is 9.63 Å². The first kappa shape index (κ1) is 15.3. The summed E-state index contributed by atoms with van der Waals surface area (Å²) in [7, 11) is 1.96. The zero-order chi connectivity index (χ0) is 16.1. The minimum absolute atomic E-state index is 0.0711. The molecule has 8 nitrogen and oxygen atoms in total. The zero-order valence-corrected chi connectivity index (χ0v) is 12.8. The Morgan fingerprint density at radius 1 is 1.30 bits per heavy atom. The van der Waals surface area contributed by atoms with Gasteiger partial charge in [0.25, 0.3) is 0 Å². The van der Waals surface area contributed by atoms with E-state index in [1.807, 2.05) is 37.4 Å². The van der Waals surface area contributed by atoms with Crippen molar-refractivity contribution in [1.29, 1.82) is 0 Å². The van der Waals surface area contributed by atoms with Crippen LogP contribution in [-0.2, 0) is 6.54 Å². The minimum atomic E-state index is 0.0711. The number of aliphatic hydroxyl groups is 1. The minimum Gasteiger partial charge on any atom is -0.396 e. The van der Waals surface area contributed by atoms with Gasteiger partial charge in [0.2, 0.25) is 11.7 Å². The van der Waals surface area contributed by atoms with E-state index in [0.29, 0.717) is 30.5 Å². The molecular weight excluding hydrogens is 296 g/mol. The molecule has 0 saturated heterocycles. The monoisotopic (exact) mass is 314 g/mol. The van der Waals surface area contributed by atoms with E-state index in [2.05, 4.69) is 30.2 Å². The molecular formula is C15H18N6O2. The average molecular weight is 314 g/mol. The largest absolute Gasteiger partial charge is 0.396 e. The van der Waals surface area contributed by atoms with Gasteiger partial charge in [-0.2, -0.15) is 10.1 Å². The molecule has 0 amide bonds. The summed E-state index contributed by atoms with van der Waals surface area (Å²) in [4.78, 5) is 10.4. The normalized spacial score (nSPS) is 12.7. The molecule has 8 heteroatoms. The second-order valence-corrected chi connectivity index (χ2v) is 5.20. The summed E-state index contributed by atoms with van der Waals surface area (Å²) in [5.41, 5.74) is 1.14. The van der Waals surface area contributed by atoms with Crippen molar-refractivity contribution in [3.05, 3.63) is 48.1 Å². The highest BCUT2D eigenvalue weighted by atomic mass is 16.5. The number of rotatable bonds is 7. The van der Waals surface area contributed by atoms with Gasteiger partial charge in [-0.25, -0.2) is 4.98 Å². The molecule has 2 aromatic heterocycles. The van der Waals surface area contributed by atoms with Gasteiger partial charge in [-0.1, -0.05) is 35.5 Å². The maximum Gasteiger partial charge on any atom is 0.241 e. The van der Waals surface area contributed by atoms with E-state index in [1.54, 1.807) is 0 Å². The van der Waals surface area contributed by atoms with Crippen LogP contribution >= 0.6 is 0 Å². The molecule has 0 spiro atoms.